The number of aromatic nitrogens is 2. The van der Waals surface area contributed by atoms with Gasteiger partial charge in [0.1, 0.15) is 0 Å². The normalized spacial score (nSPS) is 10.9. The summed E-state index contributed by atoms with van der Waals surface area (Å²) in [6.07, 6.45) is 3.44. The van der Waals surface area contributed by atoms with Crippen LogP contribution in [0.3, 0.4) is 0 Å². The maximum atomic E-state index is 9.42. The summed E-state index contributed by atoms with van der Waals surface area (Å²) < 4.78 is 10.1. The molecule has 2 aromatic rings. The van der Waals surface area contributed by atoms with E-state index in [0.29, 0.717) is 11.6 Å². The molecule has 5 nitrogen and oxygen atoms in total. The van der Waals surface area contributed by atoms with E-state index in [-0.39, 0.29) is 10.6 Å². The lowest BCUT2D eigenvalue weighted by molar-refractivity contribution is 0.373. The summed E-state index contributed by atoms with van der Waals surface area (Å²) in [7, 11) is 1.50. The van der Waals surface area contributed by atoms with Gasteiger partial charge >= 0.3 is 0 Å². The van der Waals surface area contributed by atoms with Crippen LogP contribution in [0.5, 0.6) is 11.5 Å². The summed E-state index contributed by atoms with van der Waals surface area (Å²) in [5.74, 6) is 0.902. The molecular formula is C11H10N2O3S. The van der Waals surface area contributed by atoms with E-state index >= 15 is 0 Å². The molecule has 1 aromatic carbocycles. The van der Waals surface area contributed by atoms with Crippen LogP contribution in [0.1, 0.15) is 11.5 Å². The molecule has 1 heterocycles. The number of H-pyrrole nitrogens is 1. The highest BCUT2D eigenvalue weighted by Gasteiger charge is 2.00. The van der Waals surface area contributed by atoms with Crippen molar-refractivity contribution in [1.82, 2.24) is 10.2 Å². The molecule has 0 fully saturated rings. The third-order valence-corrected chi connectivity index (χ3v) is 2.25. The minimum absolute atomic E-state index is 0.0990. The molecule has 0 unspecified atom stereocenters. The van der Waals surface area contributed by atoms with Gasteiger partial charge in [-0.25, -0.2) is 5.10 Å². The summed E-state index contributed by atoms with van der Waals surface area (Å²) in [6, 6.07) is 5.00. The summed E-state index contributed by atoms with van der Waals surface area (Å²) in [4.78, 5) is 0.230. The van der Waals surface area contributed by atoms with E-state index in [0.717, 1.165) is 5.56 Å². The van der Waals surface area contributed by atoms with Crippen LogP contribution < -0.4 is 4.74 Å². The third kappa shape index (κ3) is 2.73. The molecule has 0 amide bonds. The smallest absolute Gasteiger partial charge is 0.284 e. The Morgan fingerprint density at radius 1 is 1.47 bits per heavy atom. The molecule has 0 radical (unpaired) electrons. The van der Waals surface area contributed by atoms with E-state index in [9.17, 15) is 5.11 Å². The molecule has 2 N–H and O–H groups in total. The SMILES string of the molecule is COc1cc(C=Cc2n[nH]c(=S)o2)ccc1O. The van der Waals surface area contributed by atoms with Gasteiger partial charge in [-0.3, -0.25) is 0 Å². The zero-order chi connectivity index (χ0) is 12.3. The monoisotopic (exact) mass is 250 g/mol. The van der Waals surface area contributed by atoms with E-state index in [2.05, 4.69) is 10.2 Å². The van der Waals surface area contributed by atoms with Crippen LogP contribution in [0.2, 0.25) is 0 Å². The highest BCUT2D eigenvalue weighted by molar-refractivity contribution is 7.71. The summed E-state index contributed by atoms with van der Waals surface area (Å²) in [5.41, 5.74) is 0.851. The highest BCUT2D eigenvalue weighted by Crippen LogP contribution is 2.26. The first-order valence-corrected chi connectivity index (χ1v) is 5.20. The maximum Gasteiger partial charge on any atom is 0.284 e. The molecular weight excluding hydrogens is 240 g/mol. The Balaban J connectivity index is 2.24. The lowest BCUT2D eigenvalue weighted by Gasteiger charge is -2.03. The van der Waals surface area contributed by atoms with Crippen molar-refractivity contribution in [2.45, 2.75) is 0 Å². The largest absolute Gasteiger partial charge is 0.504 e. The summed E-state index contributed by atoms with van der Waals surface area (Å²) >= 11 is 4.75. The molecule has 0 bridgehead atoms. The Morgan fingerprint density at radius 2 is 2.29 bits per heavy atom. The number of aromatic hydroxyl groups is 1. The average Bonchev–Trinajstić information content (AvgIpc) is 2.74. The number of hydrogen-bond acceptors (Lipinski definition) is 5. The van der Waals surface area contributed by atoms with E-state index in [4.69, 9.17) is 21.4 Å². The number of phenols is 1. The van der Waals surface area contributed by atoms with Crippen LogP contribution in [-0.2, 0) is 0 Å². The maximum absolute atomic E-state index is 9.42. The Labute approximate surface area is 102 Å². The second-order valence-corrected chi connectivity index (χ2v) is 3.59. The quantitative estimate of drug-likeness (QED) is 0.819. The van der Waals surface area contributed by atoms with Gasteiger partial charge in [-0.05, 0) is 36.0 Å². The van der Waals surface area contributed by atoms with Gasteiger partial charge in [0.2, 0.25) is 5.89 Å². The fourth-order valence-corrected chi connectivity index (χ4v) is 1.41. The number of nitrogens with one attached hydrogen (secondary N) is 1. The average molecular weight is 250 g/mol. The number of rotatable bonds is 3. The predicted molar refractivity (Wildman–Crippen MR) is 65.3 cm³/mol. The number of aromatic amines is 1. The second-order valence-electron chi connectivity index (χ2n) is 3.22. The molecule has 6 heteroatoms. The fraction of sp³-hybridized carbons (Fsp3) is 0.0909. The second kappa shape index (κ2) is 4.84. The van der Waals surface area contributed by atoms with E-state index < -0.39 is 0 Å². The van der Waals surface area contributed by atoms with E-state index in [1.165, 1.54) is 7.11 Å². The minimum atomic E-state index is 0.0990. The van der Waals surface area contributed by atoms with Gasteiger partial charge < -0.3 is 14.3 Å². The molecule has 0 aliphatic rings. The van der Waals surface area contributed by atoms with Gasteiger partial charge in [0, 0.05) is 6.08 Å². The molecule has 88 valence electrons. The Kier molecular flexibility index (Phi) is 3.24. The first-order valence-electron chi connectivity index (χ1n) is 4.79. The van der Waals surface area contributed by atoms with Gasteiger partial charge in [-0.15, -0.1) is 5.10 Å². The molecule has 17 heavy (non-hydrogen) atoms. The van der Waals surface area contributed by atoms with Crippen molar-refractivity contribution in [3.63, 3.8) is 0 Å². The molecule has 0 spiro atoms. The van der Waals surface area contributed by atoms with Crippen LogP contribution in [0, 0.1) is 4.84 Å². The van der Waals surface area contributed by atoms with Crippen LogP contribution >= 0.6 is 12.2 Å². The minimum Gasteiger partial charge on any atom is -0.504 e. The lowest BCUT2D eigenvalue weighted by Crippen LogP contribution is -1.84. The predicted octanol–water partition coefficient (Wildman–Crippen LogP) is 2.62. The van der Waals surface area contributed by atoms with Crippen LogP contribution in [-0.4, -0.2) is 22.4 Å². The number of nitrogens with zero attached hydrogens (tertiary/aromatic N) is 1. The van der Waals surface area contributed by atoms with Crippen molar-refractivity contribution >= 4 is 24.4 Å². The molecule has 0 aliphatic heterocycles. The molecule has 1 aromatic heterocycles. The Hall–Kier alpha value is -2.08. The number of ether oxygens (including phenoxy) is 1. The zero-order valence-corrected chi connectivity index (χ0v) is 9.82. The van der Waals surface area contributed by atoms with Crippen molar-refractivity contribution in [3.05, 3.63) is 34.5 Å². The summed E-state index contributed by atoms with van der Waals surface area (Å²) in [6.45, 7) is 0. The van der Waals surface area contributed by atoms with Crippen molar-refractivity contribution in [2.24, 2.45) is 0 Å². The molecule has 0 aliphatic carbocycles. The van der Waals surface area contributed by atoms with Gasteiger partial charge in [-0.1, -0.05) is 6.07 Å². The molecule has 0 saturated carbocycles. The number of benzene rings is 1. The molecule has 2 rings (SSSR count). The standard InChI is InChI=1S/C11H10N2O3S/c1-15-9-6-7(2-4-8(9)14)3-5-10-12-13-11(17)16-10/h2-6,14H,1H3,(H,13,17). The number of hydrogen-bond donors (Lipinski definition) is 2. The van der Waals surface area contributed by atoms with Crippen LogP contribution in [0.25, 0.3) is 12.2 Å². The van der Waals surface area contributed by atoms with Crippen molar-refractivity contribution < 1.29 is 14.3 Å². The topological polar surface area (TPSA) is 71.3 Å². The van der Waals surface area contributed by atoms with Crippen molar-refractivity contribution in [3.8, 4) is 11.5 Å². The zero-order valence-electron chi connectivity index (χ0n) is 9.01. The third-order valence-electron chi connectivity index (χ3n) is 2.08. The first-order chi connectivity index (χ1) is 8.19. The fourth-order valence-electron chi connectivity index (χ4n) is 1.28. The van der Waals surface area contributed by atoms with Gasteiger partial charge in [0.25, 0.3) is 4.84 Å². The summed E-state index contributed by atoms with van der Waals surface area (Å²) in [5, 5.41) is 15.8. The van der Waals surface area contributed by atoms with Gasteiger partial charge in [0.15, 0.2) is 11.5 Å². The lowest BCUT2D eigenvalue weighted by atomic mass is 10.2. The Bertz CT molecular complexity index is 601. The van der Waals surface area contributed by atoms with E-state index in [1.54, 1.807) is 30.4 Å². The van der Waals surface area contributed by atoms with Crippen LogP contribution in [0.4, 0.5) is 0 Å². The van der Waals surface area contributed by atoms with Gasteiger partial charge in [-0.2, -0.15) is 0 Å². The number of methoxy groups -OCH3 is 1. The van der Waals surface area contributed by atoms with Crippen LogP contribution in [0.15, 0.2) is 22.6 Å². The van der Waals surface area contributed by atoms with E-state index in [1.807, 2.05) is 0 Å². The van der Waals surface area contributed by atoms with Gasteiger partial charge in [0.05, 0.1) is 7.11 Å². The molecule has 0 atom stereocenters. The first kappa shape index (κ1) is 11.4. The highest BCUT2D eigenvalue weighted by atomic mass is 32.1. The molecule has 0 saturated heterocycles. The van der Waals surface area contributed by atoms with Crippen molar-refractivity contribution in [1.29, 1.82) is 0 Å². The number of phenolic OH excluding ortho intramolecular Hbond substituents is 1. The Morgan fingerprint density at radius 3 is 2.94 bits per heavy atom. The van der Waals surface area contributed by atoms with Crippen molar-refractivity contribution in [2.75, 3.05) is 7.11 Å².